The maximum Gasteiger partial charge on any atom is 0.255 e. The number of benzene rings is 4. The number of hydrogen-bond acceptors (Lipinski definition) is 5. The molecule has 0 saturated heterocycles. The van der Waals surface area contributed by atoms with Gasteiger partial charge in [-0.2, -0.15) is 0 Å². The lowest BCUT2D eigenvalue weighted by Crippen LogP contribution is -2.26. The van der Waals surface area contributed by atoms with Crippen LogP contribution in [-0.4, -0.2) is 25.9 Å². The van der Waals surface area contributed by atoms with Crippen LogP contribution in [0.4, 0.5) is 5.69 Å². The molecule has 0 saturated carbocycles. The van der Waals surface area contributed by atoms with Gasteiger partial charge in [0.2, 0.25) is 10.0 Å². The number of aromatic nitrogens is 1. The van der Waals surface area contributed by atoms with Crippen molar-refractivity contribution in [1.29, 1.82) is 0 Å². The molecule has 0 fully saturated rings. The summed E-state index contributed by atoms with van der Waals surface area (Å²) >= 11 is 0. The zero-order valence-corrected chi connectivity index (χ0v) is 23.8. The minimum absolute atomic E-state index is 0.137. The highest BCUT2D eigenvalue weighted by Gasteiger charge is 2.15. The largest absolute Gasteiger partial charge is 0.441 e. The van der Waals surface area contributed by atoms with Crippen molar-refractivity contribution in [1.82, 2.24) is 9.71 Å². The fraction of sp³-hybridized carbons (Fsp3) is 0.212. The third-order valence-electron chi connectivity index (χ3n) is 6.86. The summed E-state index contributed by atoms with van der Waals surface area (Å²) in [7, 11) is -3.64. The van der Waals surface area contributed by atoms with E-state index in [4.69, 9.17) is 4.42 Å². The molecule has 0 atom stereocenters. The van der Waals surface area contributed by atoms with Gasteiger partial charge in [0, 0.05) is 24.2 Å². The van der Waals surface area contributed by atoms with Crippen LogP contribution in [0.3, 0.4) is 0 Å². The maximum atomic E-state index is 13.0. The van der Waals surface area contributed by atoms with E-state index in [1.807, 2.05) is 66.7 Å². The van der Waals surface area contributed by atoms with E-state index in [1.165, 1.54) is 0 Å². The molecule has 0 unspecified atom stereocenters. The molecule has 41 heavy (non-hydrogen) atoms. The summed E-state index contributed by atoms with van der Waals surface area (Å²) in [4.78, 5) is 17.7. The molecule has 0 aliphatic rings. The van der Waals surface area contributed by atoms with Crippen LogP contribution >= 0.6 is 0 Å². The number of unbranched alkanes of at least 4 members (excludes halogenated alkanes) is 2. The Kier molecular flexibility index (Phi) is 8.91. The van der Waals surface area contributed by atoms with E-state index in [-0.39, 0.29) is 23.8 Å². The number of hydrogen-bond donors (Lipinski definition) is 2. The van der Waals surface area contributed by atoms with Crippen molar-refractivity contribution in [3.8, 4) is 11.1 Å². The minimum atomic E-state index is -3.64. The van der Waals surface area contributed by atoms with Crippen LogP contribution in [0.5, 0.6) is 0 Å². The number of aryl methyl sites for hydroxylation is 1. The molecular formula is C33H33N3O4S. The van der Waals surface area contributed by atoms with Crippen molar-refractivity contribution in [3.63, 3.8) is 0 Å². The molecule has 1 aromatic heterocycles. The summed E-state index contributed by atoms with van der Waals surface area (Å²) in [6, 6.07) is 29.7. The summed E-state index contributed by atoms with van der Waals surface area (Å²) < 4.78 is 33.9. The zero-order valence-electron chi connectivity index (χ0n) is 23.0. The number of amides is 1. The van der Waals surface area contributed by atoms with Crippen LogP contribution in [-0.2, 0) is 22.9 Å². The van der Waals surface area contributed by atoms with Crippen LogP contribution in [0.2, 0.25) is 0 Å². The standard InChI is InChI=1S/C33H33N3O4S/c1-2-3-5-9-24-14-17-29(18-15-24)41(38,39)34-21-20-32-36-30-23-27(16-19-31(30)40-32)33(37)35-28-13-8-12-26(22-28)25-10-6-4-7-11-25/h4,6-8,10-19,22-23,34H,2-3,5,9,20-21H2,1H3,(H,35,37). The van der Waals surface area contributed by atoms with Gasteiger partial charge in [0.05, 0.1) is 4.90 Å². The average Bonchev–Trinajstić information content (AvgIpc) is 3.40. The minimum Gasteiger partial charge on any atom is -0.441 e. The van der Waals surface area contributed by atoms with Gasteiger partial charge in [-0.3, -0.25) is 4.79 Å². The number of nitrogens with zero attached hydrogens (tertiary/aromatic N) is 1. The van der Waals surface area contributed by atoms with Gasteiger partial charge < -0.3 is 9.73 Å². The highest BCUT2D eigenvalue weighted by atomic mass is 32.2. The Morgan fingerprint density at radius 3 is 2.39 bits per heavy atom. The van der Waals surface area contributed by atoms with Crippen molar-refractivity contribution in [2.24, 2.45) is 0 Å². The highest BCUT2D eigenvalue weighted by Crippen LogP contribution is 2.24. The molecule has 7 nitrogen and oxygen atoms in total. The maximum absolute atomic E-state index is 13.0. The summed E-state index contributed by atoms with van der Waals surface area (Å²) in [5.74, 6) is 0.132. The molecule has 5 aromatic rings. The molecular weight excluding hydrogens is 534 g/mol. The first-order valence-corrected chi connectivity index (χ1v) is 15.3. The molecule has 5 rings (SSSR count). The Hall–Kier alpha value is -4.27. The van der Waals surface area contributed by atoms with E-state index in [0.29, 0.717) is 28.2 Å². The number of rotatable bonds is 12. The van der Waals surface area contributed by atoms with Crippen molar-refractivity contribution in [2.75, 3.05) is 11.9 Å². The number of carbonyl (C=O) groups excluding carboxylic acids is 1. The second-order valence-electron chi connectivity index (χ2n) is 9.94. The lowest BCUT2D eigenvalue weighted by molar-refractivity contribution is 0.102. The van der Waals surface area contributed by atoms with Crippen molar-refractivity contribution >= 4 is 32.7 Å². The summed E-state index contributed by atoms with van der Waals surface area (Å²) in [5.41, 5.74) is 5.42. The zero-order chi connectivity index (χ0) is 28.7. The van der Waals surface area contributed by atoms with Gasteiger partial charge in [0.15, 0.2) is 11.5 Å². The highest BCUT2D eigenvalue weighted by molar-refractivity contribution is 7.89. The second-order valence-corrected chi connectivity index (χ2v) is 11.7. The SMILES string of the molecule is CCCCCc1ccc(S(=O)(=O)NCCc2nc3cc(C(=O)Nc4cccc(-c5ccccc5)c4)ccc3o2)cc1. The first-order valence-electron chi connectivity index (χ1n) is 13.9. The average molecular weight is 568 g/mol. The molecule has 2 N–H and O–H groups in total. The van der Waals surface area contributed by atoms with Gasteiger partial charge in [0.25, 0.3) is 5.91 Å². The number of sulfonamides is 1. The van der Waals surface area contributed by atoms with Gasteiger partial charge in [-0.25, -0.2) is 18.1 Å². The number of anilines is 1. The lowest BCUT2D eigenvalue weighted by atomic mass is 10.1. The normalized spacial score (nSPS) is 11.5. The smallest absolute Gasteiger partial charge is 0.255 e. The third kappa shape index (κ3) is 7.28. The Morgan fingerprint density at radius 2 is 1.61 bits per heavy atom. The van der Waals surface area contributed by atoms with Gasteiger partial charge in [-0.15, -0.1) is 0 Å². The molecule has 0 aliphatic heterocycles. The first kappa shape index (κ1) is 28.3. The van der Waals surface area contributed by atoms with E-state index >= 15 is 0 Å². The molecule has 0 radical (unpaired) electrons. The van der Waals surface area contributed by atoms with Crippen LogP contribution < -0.4 is 10.0 Å². The van der Waals surface area contributed by atoms with Crippen molar-refractivity contribution in [3.05, 3.63) is 114 Å². The number of carbonyl (C=O) groups is 1. The Labute approximate surface area is 240 Å². The molecule has 4 aromatic carbocycles. The molecule has 1 heterocycles. The quantitative estimate of drug-likeness (QED) is 0.158. The van der Waals surface area contributed by atoms with Crippen LogP contribution in [0.1, 0.15) is 48.0 Å². The Balaban J connectivity index is 1.19. The van der Waals surface area contributed by atoms with Crippen LogP contribution in [0.25, 0.3) is 22.2 Å². The monoisotopic (exact) mass is 567 g/mol. The number of nitrogens with one attached hydrogen (secondary N) is 2. The van der Waals surface area contributed by atoms with E-state index in [2.05, 4.69) is 21.9 Å². The summed E-state index contributed by atoms with van der Waals surface area (Å²) in [6.45, 7) is 2.30. The first-order chi connectivity index (χ1) is 19.9. The fourth-order valence-corrected chi connectivity index (χ4v) is 5.66. The van der Waals surface area contributed by atoms with E-state index < -0.39 is 10.0 Å². The van der Waals surface area contributed by atoms with Crippen LogP contribution in [0, 0.1) is 0 Å². The Bertz CT molecular complexity index is 1730. The predicted molar refractivity (Wildman–Crippen MR) is 162 cm³/mol. The van der Waals surface area contributed by atoms with Crippen molar-refractivity contribution < 1.29 is 17.6 Å². The molecule has 0 bridgehead atoms. The molecule has 210 valence electrons. The number of fused-ring (bicyclic) bond motifs is 1. The second kappa shape index (κ2) is 12.9. The van der Waals surface area contributed by atoms with Gasteiger partial charge in [-0.1, -0.05) is 74.4 Å². The predicted octanol–water partition coefficient (Wildman–Crippen LogP) is 7.00. The van der Waals surface area contributed by atoms with E-state index in [1.54, 1.807) is 30.3 Å². The molecule has 0 spiro atoms. The Morgan fingerprint density at radius 1 is 0.829 bits per heavy atom. The van der Waals surface area contributed by atoms with Gasteiger partial charge in [0.1, 0.15) is 5.52 Å². The van der Waals surface area contributed by atoms with Gasteiger partial charge in [-0.05, 0) is 72.0 Å². The molecule has 1 amide bonds. The lowest BCUT2D eigenvalue weighted by Gasteiger charge is -2.08. The molecule has 8 heteroatoms. The molecule has 0 aliphatic carbocycles. The topological polar surface area (TPSA) is 101 Å². The van der Waals surface area contributed by atoms with Crippen molar-refractivity contribution in [2.45, 2.75) is 43.9 Å². The third-order valence-corrected chi connectivity index (χ3v) is 8.33. The summed E-state index contributed by atoms with van der Waals surface area (Å²) in [5, 5.41) is 2.95. The van der Waals surface area contributed by atoms with E-state index in [0.717, 1.165) is 42.4 Å². The summed E-state index contributed by atoms with van der Waals surface area (Å²) in [6.07, 6.45) is 4.63. The van der Waals surface area contributed by atoms with E-state index in [9.17, 15) is 13.2 Å². The number of oxazole rings is 1. The van der Waals surface area contributed by atoms with Gasteiger partial charge >= 0.3 is 0 Å². The van der Waals surface area contributed by atoms with Crippen LogP contribution in [0.15, 0.2) is 106 Å². The fourth-order valence-electron chi connectivity index (χ4n) is 4.62.